The van der Waals surface area contributed by atoms with Gasteiger partial charge in [0, 0.05) is 5.69 Å². The van der Waals surface area contributed by atoms with Gasteiger partial charge in [-0.05, 0) is 43.2 Å². The number of aromatic nitrogens is 1. The van der Waals surface area contributed by atoms with Gasteiger partial charge in [0.25, 0.3) is 5.91 Å². The molecule has 0 radical (unpaired) electrons. The van der Waals surface area contributed by atoms with Crippen molar-refractivity contribution in [3.8, 4) is 0 Å². The van der Waals surface area contributed by atoms with Crippen molar-refractivity contribution in [3.63, 3.8) is 0 Å². The number of para-hydroxylation sites is 2. The fourth-order valence-electron chi connectivity index (χ4n) is 3.99. The number of carbonyl (C=O) groups excluding carboxylic acids is 1. The molecular formula is C22H28N4O3+2. The van der Waals surface area contributed by atoms with Crippen molar-refractivity contribution < 1.29 is 19.0 Å². The van der Waals surface area contributed by atoms with E-state index in [9.17, 15) is 9.59 Å². The monoisotopic (exact) mass is 396 g/mol. The number of aryl methyl sites for hydroxylation is 1. The molecule has 3 N–H and O–H groups in total. The fraction of sp³-hybridized carbons (Fsp3) is 0.364. The molecule has 0 bridgehead atoms. The number of carbonyl (C=O) groups is 1. The summed E-state index contributed by atoms with van der Waals surface area (Å²) in [6.07, 6.45) is 0. The second kappa shape index (κ2) is 8.23. The van der Waals surface area contributed by atoms with Crippen molar-refractivity contribution in [1.82, 2.24) is 4.57 Å². The number of hydrogen-bond acceptors (Lipinski definition) is 3. The first kappa shape index (κ1) is 19.4. The molecule has 3 aromatic rings. The fourth-order valence-corrected chi connectivity index (χ4v) is 3.99. The van der Waals surface area contributed by atoms with Crippen molar-refractivity contribution in [2.24, 2.45) is 0 Å². The van der Waals surface area contributed by atoms with E-state index in [1.165, 1.54) is 15.4 Å². The Morgan fingerprint density at radius 2 is 1.76 bits per heavy atom. The second-order valence-electron chi connectivity index (χ2n) is 7.89. The van der Waals surface area contributed by atoms with Crippen LogP contribution in [0.25, 0.3) is 11.1 Å². The molecule has 0 aliphatic carbocycles. The van der Waals surface area contributed by atoms with Crippen LogP contribution in [0.4, 0.5) is 5.69 Å². The Balaban J connectivity index is 1.31. The van der Waals surface area contributed by atoms with Gasteiger partial charge in [-0.15, -0.1) is 0 Å². The summed E-state index contributed by atoms with van der Waals surface area (Å²) >= 11 is 0. The highest BCUT2D eigenvalue weighted by Gasteiger charge is 2.26. The topological polar surface area (TPSA) is 73.1 Å². The van der Waals surface area contributed by atoms with E-state index in [1.54, 1.807) is 4.57 Å². The van der Waals surface area contributed by atoms with Gasteiger partial charge >= 0.3 is 5.76 Å². The molecule has 7 heteroatoms. The molecule has 4 rings (SSSR count). The largest absolute Gasteiger partial charge is 0.424 e. The Morgan fingerprint density at radius 1 is 1.03 bits per heavy atom. The molecule has 0 spiro atoms. The maximum absolute atomic E-state index is 12.5. The van der Waals surface area contributed by atoms with Gasteiger partial charge in [-0.25, -0.2) is 9.36 Å². The lowest BCUT2D eigenvalue weighted by Gasteiger charge is -2.29. The quantitative estimate of drug-likeness (QED) is 0.549. The number of rotatable bonds is 5. The van der Waals surface area contributed by atoms with Gasteiger partial charge in [0.05, 0.1) is 5.52 Å². The van der Waals surface area contributed by atoms with E-state index >= 15 is 0 Å². The third-order valence-electron chi connectivity index (χ3n) is 5.91. The molecule has 1 aliphatic heterocycles. The highest BCUT2D eigenvalue weighted by Crippen LogP contribution is 2.17. The predicted octanol–water partition coefficient (Wildman–Crippen LogP) is -0.409. The molecule has 152 valence electrons. The van der Waals surface area contributed by atoms with Crippen LogP contribution in [0.2, 0.25) is 0 Å². The van der Waals surface area contributed by atoms with Crippen LogP contribution in [0.3, 0.4) is 0 Å². The third kappa shape index (κ3) is 4.26. The van der Waals surface area contributed by atoms with Crippen molar-refractivity contribution in [1.29, 1.82) is 0 Å². The Bertz CT molecular complexity index is 1080. The van der Waals surface area contributed by atoms with E-state index in [1.807, 2.05) is 56.3 Å². The first-order chi connectivity index (χ1) is 14.0. The van der Waals surface area contributed by atoms with E-state index in [4.69, 9.17) is 4.42 Å². The van der Waals surface area contributed by atoms with Crippen LogP contribution in [0.5, 0.6) is 0 Å². The number of quaternary nitrogens is 2. The van der Waals surface area contributed by atoms with Crippen LogP contribution in [-0.2, 0) is 11.5 Å². The van der Waals surface area contributed by atoms with Crippen LogP contribution in [-0.4, -0.2) is 43.2 Å². The van der Waals surface area contributed by atoms with Gasteiger partial charge in [-0.3, -0.25) is 4.79 Å². The highest BCUT2D eigenvalue weighted by molar-refractivity contribution is 5.92. The second-order valence-corrected chi connectivity index (χ2v) is 7.89. The molecule has 1 saturated heterocycles. The summed E-state index contributed by atoms with van der Waals surface area (Å²) in [6.45, 7) is 8.78. The third-order valence-corrected chi connectivity index (χ3v) is 5.91. The van der Waals surface area contributed by atoms with Gasteiger partial charge in [0.1, 0.15) is 26.2 Å². The minimum atomic E-state index is -0.304. The smallest absolute Gasteiger partial charge is 0.408 e. The van der Waals surface area contributed by atoms with Crippen LogP contribution in [0.1, 0.15) is 11.1 Å². The molecule has 0 atom stereocenters. The number of fused-ring (bicyclic) bond motifs is 1. The molecule has 7 nitrogen and oxygen atoms in total. The van der Waals surface area contributed by atoms with E-state index in [2.05, 4.69) is 5.32 Å². The molecule has 0 unspecified atom stereocenters. The lowest BCUT2D eigenvalue weighted by atomic mass is 10.1. The lowest BCUT2D eigenvalue weighted by Crippen LogP contribution is -3.28. The minimum absolute atomic E-state index is 0.0502. The molecule has 2 aromatic carbocycles. The van der Waals surface area contributed by atoms with E-state index in [0.29, 0.717) is 18.8 Å². The summed E-state index contributed by atoms with van der Waals surface area (Å²) in [5.41, 5.74) is 4.65. The summed E-state index contributed by atoms with van der Waals surface area (Å²) in [5, 5.41) is 3.05. The molecule has 1 aliphatic rings. The zero-order valence-corrected chi connectivity index (χ0v) is 17.0. The number of oxazole rings is 1. The summed E-state index contributed by atoms with van der Waals surface area (Å²) < 4.78 is 7.04. The maximum Gasteiger partial charge on any atom is 0.424 e. The SMILES string of the molecule is Cc1cccc(NC(=O)C[NH+]2CC[NH+](Cn3c(=O)oc4ccccc43)CC2)c1C. The first-order valence-electron chi connectivity index (χ1n) is 10.1. The zero-order valence-electron chi connectivity index (χ0n) is 17.0. The van der Waals surface area contributed by atoms with Gasteiger partial charge in [-0.2, -0.15) is 0 Å². The summed E-state index contributed by atoms with van der Waals surface area (Å²) in [5.74, 6) is -0.254. The average Bonchev–Trinajstić information content (AvgIpc) is 3.02. The van der Waals surface area contributed by atoms with Crippen LogP contribution < -0.4 is 20.9 Å². The molecule has 1 aromatic heterocycles. The highest BCUT2D eigenvalue weighted by atomic mass is 16.4. The zero-order chi connectivity index (χ0) is 20.4. The van der Waals surface area contributed by atoms with Crippen LogP contribution in [0.15, 0.2) is 51.7 Å². The van der Waals surface area contributed by atoms with E-state index < -0.39 is 0 Å². The molecule has 29 heavy (non-hydrogen) atoms. The van der Waals surface area contributed by atoms with Crippen molar-refractivity contribution in [2.45, 2.75) is 20.5 Å². The summed E-state index contributed by atoms with van der Waals surface area (Å²) in [7, 11) is 0. The van der Waals surface area contributed by atoms with Crippen LogP contribution in [0, 0.1) is 13.8 Å². The van der Waals surface area contributed by atoms with Crippen molar-refractivity contribution in [2.75, 3.05) is 38.0 Å². The lowest BCUT2D eigenvalue weighted by molar-refractivity contribution is -1.02. The number of amides is 1. The van der Waals surface area contributed by atoms with E-state index in [-0.39, 0.29) is 11.7 Å². The molecular weight excluding hydrogens is 368 g/mol. The summed E-state index contributed by atoms with van der Waals surface area (Å²) in [4.78, 5) is 27.3. The van der Waals surface area contributed by atoms with E-state index in [0.717, 1.165) is 42.9 Å². The Kier molecular flexibility index (Phi) is 5.51. The minimum Gasteiger partial charge on any atom is -0.408 e. The first-order valence-corrected chi connectivity index (χ1v) is 10.1. The van der Waals surface area contributed by atoms with Gasteiger partial charge in [0.15, 0.2) is 18.8 Å². The Morgan fingerprint density at radius 3 is 2.55 bits per heavy atom. The number of hydrogen-bond donors (Lipinski definition) is 3. The summed E-state index contributed by atoms with van der Waals surface area (Å²) in [6, 6.07) is 13.5. The number of piperazine rings is 1. The number of anilines is 1. The number of benzene rings is 2. The van der Waals surface area contributed by atoms with Gasteiger partial charge in [-0.1, -0.05) is 24.3 Å². The van der Waals surface area contributed by atoms with Crippen LogP contribution >= 0.6 is 0 Å². The Hall–Kier alpha value is -2.90. The standard InChI is InChI=1S/C22H26N4O3/c1-16-6-5-7-18(17(16)2)23-21(27)14-24-10-12-25(13-11-24)15-26-19-8-3-4-9-20(19)29-22(26)28/h3-9H,10-15H2,1-2H3,(H,23,27)/p+2. The molecule has 1 fully saturated rings. The average molecular weight is 396 g/mol. The maximum atomic E-state index is 12.5. The van der Waals surface area contributed by atoms with Crippen molar-refractivity contribution in [3.05, 3.63) is 64.1 Å². The van der Waals surface area contributed by atoms with Gasteiger partial charge < -0.3 is 19.5 Å². The molecule has 2 heterocycles. The van der Waals surface area contributed by atoms with Gasteiger partial charge in [0.2, 0.25) is 0 Å². The number of nitrogens with one attached hydrogen (secondary N) is 3. The predicted molar refractivity (Wildman–Crippen MR) is 111 cm³/mol. The molecule has 1 amide bonds. The molecule has 0 saturated carbocycles. The number of nitrogens with zero attached hydrogens (tertiary/aromatic N) is 1. The normalized spacial score (nSPS) is 19.4. The Labute approximate surface area is 169 Å². The van der Waals surface area contributed by atoms with Crippen molar-refractivity contribution >= 4 is 22.7 Å².